The second-order valence-electron chi connectivity index (χ2n) is 7.96. The van der Waals surface area contributed by atoms with Gasteiger partial charge in [-0.3, -0.25) is 0 Å². The Kier molecular flexibility index (Phi) is 6.66. The van der Waals surface area contributed by atoms with Crippen molar-refractivity contribution in [3.8, 4) is 0 Å². The minimum Gasteiger partial charge on any atom is -0.388 e. The molecule has 1 heterocycles. The fourth-order valence-corrected chi connectivity index (χ4v) is 4.18. The summed E-state index contributed by atoms with van der Waals surface area (Å²) in [6.07, 6.45) is 1.02. The minimum atomic E-state index is -1.02. The Bertz CT molecular complexity index is 692. The van der Waals surface area contributed by atoms with E-state index in [9.17, 15) is 10.2 Å². The van der Waals surface area contributed by atoms with Gasteiger partial charge in [-0.05, 0) is 51.2 Å². The number of piperidine rings is 1. The van der Waals surface area contributed by atoms with Crippen LogP contribution >= 0.6 is 0 Å². The number of benzene rings is 2. The van der Waals surface area contributed by atoms with Crippen LogP contribution in [0, 0.1) is 5.92 Å². The van der Waals surface area contributed by atoms with Gasteiger partial charge in [0.1, 0.15) is 0 Å². The van der Waals surface area contributed by atoms with Gasteiger partial charge in [-0.2, -0.15) is 0 Å². The van der Waals surface area contributed by atoms with Crippen molar-refractivity contribution >= 4 is 0 Å². The molecule has 1 aliphatic rings. The Labute approximate surface area is 163 Å². The zero-order valence-electron chi connectivity index (χ0n) is 16.5. The van der Waals surface area contributed by atoms with E-state index in [1.165, 1.54) is 0 Å². The van der Waals surface area contributed by atoms with Crippen molar-refractivity contribution in [1.29, 1.82) is 0 Å². The molecule has 2 N–H and O–H groups in total. The van der Waals surface area contributed by atoms with Crippen LogP contribution in [0.4, 0.5) is 0 Å². The van der Waals surface area contributed by atoms with Gasteiger partial charge < -0.3 is 20.0 Å². The van der Waals surface area contributed by atoms with Crippen molar-refractivity contribution in [1.82, 2.24) is 9.80 Å². The van der Waals surface area contributed by atoms with Gasteiger partial charge in [0.05, 0.1) is 11.7 Å². The molecule has 146 valence electrons. The molecule has 4 nitrogen and oxygen atoms in total. The van der Waals surface area contributed by atoms with Crippen LogP contribution in [0.3, 0.4) is 0 Å². The Morgan fingerprint density at radius 1 is 1.07 bits per heavy atom. The van der Waals surface area contributed by atoms with Gasteiger partial charge in [-0.1, -0.05) is 60.7 Å². The highest BCUT2D eigenvalue weighted by atomic mass is 16.3. The maximum atomic E-state index is 11.7. The summed E-state index contributed by atoms with van der Waals surface area (Å²) in [6.45, 7) is 3.57. The van der Waals surface area contributed by atoms with Gasteiger partial charge in [0, 0.05) is 19.0 Å². The van der Waals surface area contributed by atoms with Gasteiger partial charge >= 0.3 is 0 Å². The monoisotopic (exact) mass is 368 g/mol. The maximum Gasteiger partial charge on any atom is 0.0977 e. The standard InChI is InChI=1S/C23H32N2O2/c1-24(2)15-9-16-25-17-14-23(27,20-12-7-4-8-13-20)21(18-25)22(26)19-10-5-3-6-11-19/h3-8,10-13,21-22,26-27H,9,14-18H2,1-2H3. The van der Waals surface area contributed by atoms with E-state index in [2.05, 4.69) is 23.9 Å². The zero-order valence-corrected chi connectivity index (χ0v) is 16.5. The first kappa shape index (κ1) is 20.0. The molecule has 2 aromatic carbocycles. The summed E-state index contributed by atoms with van der Waals surface area (Å²) in [5, 5.41) is 22.8. The lowest BCUT2D eigenvalue weighted by molar-refractivity contribution is -0.122. The molecule has 0 aromatic heterocycles. The highest BCUT2D eigenvalue weighted by Crippen LogP contribution is 2.43. The van der Waals surface area contributed by atoms with E-state index in [0.29, 0.717) is 13.0 Å². The number of nitrogens with zero attached hydrogens (tertiary/aromatic N) is 2. The van der Waals surface area contributed by atoms with Crippen LogP contribution in [0.25, 0.3) is 0 Å². The molecule has 0 aliphatic carbocycles. The SMILES string of the molecule is CN(C)CCCN1CCC(O)(c2ccccc2)C(C(O)c2ccccc2)C1. The Balaban J connectivity index is 1.83. The van der Waals surface area contributed by atoms with Crippen molar-refractivity contribution in [2.45, 2.75) is 24.5 Å². The topological polar surface area (TPSA) is 46.9 Å². The van der Waals surface area contributed by atoms with Crippen molar-refractivity contribution in [3.63, 3.8) is 0 Å². The van der Waals surface area contributed by atoms with Crippen molar-refractivity contribution < 1.29 is 10.2 Å². The molecule has 0 saturated carbocycles. The molecule has 0 amide bonds. The molecular formula is C23H32N2O2. The fraction of sp³-hybridized carbons (Fsp3) is 0.478. The van der Waals surface area contributed by atoms with Crippen molar-refractivity contribution in [2.75, 3.05) is 40.3 Å². The molecule has 1 fully saturated rings. The lowest BCUT2D eigenvalue weighted by Gasteiger charge is -2.47. The minimum absolute atomic E-state index is 0.268. The molecule has 4 heteroatoms. The van der Waals surface area contributed by atoms with Crippen LogP contribution < -0.4 is 0 Å². The van der Waals surface area contributed by atoms with E-state index >= 15 is 0 Å². The molecule has 0 bridgehead atoms. The van der Waals surface area contributed by atoms with E-state index < -0.39 is 11.7 Å². The van der Waals surface area contributed by atoms with E-state index in [4.69, 9.17) is 0 Å². The Hall–Kier alpha value is -1.72. The third-order valence-corrected chi connectivity index (χ3v) is 5.75. The fourth-order valence-electron chi connectivity index (χ4n) is 4.18. The van der Waals surface area contributed by atoms with E-state index in [1.54, 1.807) is 0 Å². The third kappa shape index (κ3) is 4.77. The van der Waals surface area contributed by atoms with Gasteiger partial charge in [-0.15, -0.1) is 0 Å². The summed E-state index contributed by atoms with van der Waals surface area (Å²) in [5.41, 5.74) is 0.749. The average molecular weight is 369 g/mol. The maximum absolute atomic E-state index is 11.7. The average Bonchev–Trinajstić information content (AvgIpc) is 2.70. The second-order valence-corrected chi connectivity index (χ2v) is 7.96. The summed E-state index contributed by atoms with van der Waals surface area (Å²) in [5.74, 6) is -0.268. The smallest absolute Gasteiger partial charge is 0.0977 e. The Morgan fingerprint density at radius 3 is 2.33 bits per heavy atom. The van der Waals surface area contributed by atoms with Gasteiger partial charge in [0.15, 0.2) is 0 Å². The summed E-state index contributed by atoms with van der Waals surface area (Å²) >= 11 is 0. The highest BCUT2D eigenvalue weighted by molar-refractivity contribution is 5.27. The molecule has 3 atom stereocenters. The number of aliphatic hydroxyl groups excluding tert-OH is 1. The molecule has 3 rings (SSSR count). The van der Waals surface area contributed by atoms with Crippen LogP contribution in [0.1, 0.15) is 30.1 Å². The van der Waals surface area contributed by atoms with Gasteiger partial charge in [-0.25, -0.2) is 0 Å². The van der Waals surface area contributed by atoms with E-state index in [-0.39, 0.29) is 5.92 Å². The van der Waals surface area contributed by atoms with Crippen molar-refractivity contribution in [3.05, 3.63) is 71.8 Å². The van der Waals surface area contributed by atoms with E-state index in [1.807, 2.05) is 60.7 Å². The molecule has 27 heavy (non-hydrogen) atoms. The number of hydrogen-bond acceptors (Lipinski definition) is 4. The number of hydrogen-bond donors (Lipinski definition) is 2. The lowest BCUT2D eigenvalue weighted by atomic mass is 9.72. The van der Waals surface area contributed by atoms with Crippen LogP contribution in [-0.4, -0.2) is 60.3 Å². The normalized spacial score (nSPS) is 24.9. The van der Waals surface area contributed by atoms with Crippen molar-refractivity contribution in [2.24, 2.45) is 5.92 Å². The van der Waals surface area contributed by atoms with Crippen LogP contribution in [-0.2, 0) is 5.60 Å². The lowest BCUT2D eigenvalue weighted by Crippen LogP contribution is -2.52. The third-order valence-electron chi connectivity index (χ3n) is 5.75. The predicted octanol–water partition coefficient (Wildman–Crippen LogP) is 2.88. The first-order chi connectivity index (χ1) is 13.0. The molecule has 1 aliphatic heterocycles. The summed E-state index contributed by atoms with van der Waals surface area (Å²) in [7, 11) is 4.18. The quantitative estimate of drug-likeness (QED) is 0.789. The largest absolute Gasteiger partial charge is 0.388 e. The van der Waals surface area contributed by atoms with E-state index in [0.717, 1.165) is 37.2 Å². The van der Waals surface area contributed by atoms with Crippen LogP contribution in [0.2, 0.25) is 0 Å². The molecule has 3 unspecified atom stereocenters. The van der Waals surface area contributed by atoms with Crippen LogP contribution in [0.5, 0.6) is 0 Å². The second kappa shape index (κ2) is 8.98. The number of likely N-dealkylation sites (tertiary alicyclic amines) is 1. The Morgan fingerprint density at radius 2 is 1.70 bits per heavy atom. The van der Waals surface area contributed by atoms with Gasteiger partial charge in [0.25, 0.3) is 0 Å². The molecular weight excluding hydrogens is 336 g/mol. The number of aliphatic hydroxyl groups is 2. The molecule has 0 radical (unpaired) electrons. The first-order valence-corrected chi connectivity index (χ1v) is 9.88. The molecule has 0 spiro atoms. The molecule has 1 saturated heterocycles. The number of rotatable bonds is 7. The van der Waals surface area contributed by atoms with Gasteiger partial charge in [0.2, 0.25) is 0 Å². The predicted molar refractivity (Wildman–Crippen MR) is 109 cm³/mol. The molecule has 2 aromatic rings. The van der Waals surface area contributed by atoms with Crippen LogP contribution in [0.15, 0.2) is 60.7 Å². The summed E-state index contributed by atoms with van der Waals surface area (Å²) in [4.78, 5) is 4.58. The summed E-state index contributed by atoms with van der Waals surface area (Å²) in [6, 6.07) is 19.6. The zero-order chi connectivity index (χ0) is 19.3. The first-order valence-electron chi connectivity index (χ1n) is 9.88. The summed E-state index contributed by atoms with van der Waals surface area (Å²) < 4.78 is 0. The highest BCUT2D eigenvalue weighted by Gasteiger charge is 2.46.